The predicted molar refractivity (Wildman–Crippen MR) is 138 cm³/mol. The van der Waals surface area contributed by atoms with E-state index in [4.69, 9.17) is 9.47 Å². The highest BCUT2D eigenvalue weighted by Crippen LogP contribution is 2.36. The number of aromatic nitrogens is 2. The van der Waals surface area contributed by atoms with Crippen molar-refractivity contribution >= 4 is 60.6 Å². The molecule has 0 aliphatic rings. The first kappa shape index (κ1) is 26.5. The summed E-state index contributed by atoms with van der Waals surface area (Å²) in [5.74, 6) is -0.292. The number of benzene rings is 2. The second-order valence-electron chi connectivity index (χ2n) is 7.74. The number of halogens is 2. The fraction of sp³-hybridized carbons (Fsp3) is 0.304. The first-order chi connectivity index (χ1) is 16.6. The zero-order valence-electron chi connectivity index (χ0n) is 19.2. The Balaban J connectivity index is 2.00. The van der Waals surface area contributed by atoms with Crippen molar-refractivity contribution < 1.29 is 19.2 Å². The smallest absolute Gasteiger partial charge is 0.344 e. The monoisotopic (exact) mass is 608 g/mol. The average molecular weight is 610 g/mol. The van der Waals surface area contributed by atoms with Gasteiger partial charge in [0, 0.05) is 22.5 Å². The van der Waals surface area contributed by atoms with Gasteiger partial charge in [-0.05, 0) is 60.5 Å². The molecule has 3 aromatic rings. The highest BCUT2D eigenvalue weighted by atomic mass is 79.9. The summed E-state index contributed by atoms with van der Waals surface area (Å²) in [5, 5.41) is 16.4. The molecule has 12 heteroatoms. The van der Waals surface area contributed by atoms with Gasteiger partial charge in [0.05, 0.1) is 32.6 Å². The maximum Gasteiger partial charge on any atom is 0.344 e. The van der Waals surface area contributed by atoms with Crippen LogP contribution in [0.1, 0.15) is 38.6 Å². The van der Waals surface area contributed by atoms with Gasteiger partial charge in [-0.2, -0.15) is 9.78 Å². The van der Waals surface area contributed by atoms with Crippen molar-refractivity contribution in [2.24, 2.45) is 5.10 Å². The van der Waals surface area contributed by atoms with Gasteiger partial charge >= 0.3 is 11.7 Å². The van der Waals surface area contributed by atoms with Gasteiger partial charge in [0.2, 0.25) is 5.75 Å². The van der Waals surface area contributed by atoms with Gasteiger partial charge in [-0.1, -0.05) is 22.9 Å². The molecule has 3 rings (SSSR count). The second-order valence-corrected chi connectivity index (χ2v) is 9.51. The van der Waals surface area contributed by atoms with Gasteiger partial charge in [-0.15, -0.1) is 0 Å². The SMILES string of the molecule is CCCc1nc2ccc(Br)cc2c(=O)n1N=Cc1cc(Br)c(OCC(=O)OC(C)C)c([N+](=O)[O-])c1. The molecular formula is C23H22Br2N4O6. The molecule has 0 fully saturated rings. The molecule has 0 spiro atoms. The number of rotatable bonds is 9. The maximum atomic E-state index is 13.1. The van der Waals surface area contributed by atoms with E-state index in [9.17, 15) is 19.7 Å². The number of aryl methyl sites for hydroxylation is 1. The molecule has 0 saturated carbocycles. The highest BCUT2D eigenvalue weighted by Gasteiger charge is 2.22. The molecule has 0 aliphatic carbocycles. The number of carbonyl (C=O) groups excluding carboxylic acids is 1. The van der Waals surface area contributed by atoms with Crippen LogP contribution in [0.5, 0.6) is 5.75 Å². The van der Waals surface area contributed by atoms with Crippen molar-refractivity contribution in [1.29, 1.82) is 0 Å². The van der Waals surface area contributed by atoms with Crippen molar-refractivity contribution in [2.75, 3.05) is 6.61 Å². The van der Waals surface area contributed by atoms with E-state index in [1.54, 1.807) is 32.0 Å². The summed E-state index contributed by atoms with van der Waals surface area (Å²) in [7, 11) is 0. The lowest BCUT2D eigenvalue weighted by molar-refractivity contribution is -0.385. The summed E-state index contributed by atoms with van der Waals surface area (Å²) >= 11 is 6.62. The summed E-state index contributed by atoms with van der Waals surface area (Å²) in [5.41, 5.74) is 0.168. The Morgan fingerprint density at radius 1 is 1.29 bits per heavy atom. The number of nitro groups is 1. The van der Waals surface area contributed by atoms with E-state index in [0.29, 0.717) is 28.7 Å². The third-order valence-corrected chi connectivity index (χ3v) is 5.70. The predicted octanol–water partition coefficient (Wildman–Crippen LogP) is 4.99. The molecule has 0 saturated heterocycles. The molecule has 1 heterocycles. The summed E-state index contributed by atoms with van der Waals surface area (Å²) in [6, 6.07) is 8.01. The van der Waals surface area contributed by atoms with Crippen LogP contribution in [0.3, 0.4) is 0 Å². The lowest BCUT2D eigenvalue weighted by atomic mass is 10.2. The van der Waals surface area contributed by atoms with E-state index >= 15 is 0 Å². The Kier molecular flexibility index (Phi) is 8.73. The fourth-order valence-corrected chi connectivity index (χ4v) is 4.15. The molecule has 0 N–H and O–H groups in total. The molecule has 1 aromatic heterocycles. The van der Waals surface area contributed by atoms with E-state index in [0.717, 1.165) is 10.9 Å². The van der Waals surface area contributed by atoms with Crippen LogP contribution in [0.2, 0.25) is 0 Å². The second kappa shape index (κ2) is 11.5. The van der Waals surface area contributed by atoms with Crippen molar-refractivity contribution in [3.05, 3.63) is 71.1 Å². The highest BCUT2D eigenvalue weighted by molar-refractivity contribution is 9.10. The van der Waals surface area contributed by atoms with Crippen LogP contribution in [0.4, 0.5) is 5.69 Å². The lowest BCUT2D eigenvalue weighted by Gasteiger charge is -2.11. The molecule has 0 aliphatic heterocycles. The molecular weight excluding hydrogens is 588 g/mol. The number of carbonyl (C=O) groups is 1. The molecule has 0 atom stereocenters. The van der Waals surface area contributed by atoms with E-state index in [1.807, 2.05) is 6.92 Å². The summed E-state index contributed by atoms with van der Waals surface area (Å²) in [4.78, 5) is 40.5. The van der Waals surface area contributed by atoms with Crippen molar-refractivity contribution in [3.63, 3.8) is 0 Å². The van der Waals surface area contributed by atoms with Crippen molar-refractivity contribution in [1.82, 2.24) is 9.66 Å². The number of nitrogens with zero attached hydrogens (tertiary/aromatic N) is 4. The third-order valence-electron chi connectivity index (χ3n) is 4.62. The molecule has 2 aromatic carbocycles. The Morgan fingerprint density at radius 2 is 2.03 bits per heavy atom. The van der Waals surface area contributed by atoms with Gasteiger partial charge in [0.25, 0.3) is 5.56 Å². The Labute approximate surface area is 217 Å². The standard InChI is InChI=1S/C23H22Br2N4O6/c1-4-5-20-27-18-7-6-15(24)10-16(18)23(31)28(20)26-11-14-8-17(25)22(19(9-14)29(32)33)34-12-21(30)35-13(2)3/h6-11,13H,4-5,12H2,1-3H3. The molecule has 0 bridgehead atoms. The Hall–Kier alpha value is -3.12. The molecule has 10 nitrogen and oxygen atoms in total. The summed E-state index contributed by atoms with van der Waals surface area (Å²) in [6.45, 7) is 4.85. The first-order valence-electron chi connectivity index (χ1n) is 10.7. The van der Waals surface area contributed by atoms with Crippen LogP contribution in [0, 0.1) is 10.1 Å². The topological polar surface area (TPSA) is 126 Å². The number of hydrogen-bond acceptors (Lipinski definition) is 8. The minimum absolute atomic E-state index is 0.117. The van der Waals surface area contributed by atoms with E-state index in [1.165, 1.54) is 23.0 Å². The maximum absolute atomic E-state index is 13.1. The number of fused-ring (bicyclic) bond motifs is 1. The lowest BCUT2D eigenvalue weighted by Crippen LogP contribution is -2.22. The van der Waals surface area contributed by atoms with Crippen LogP contribution in [0.15, 0.2) is 49.2 Å². The van der Waals surface area contributed by atoms with Crippen LogP contribution in [-0.2, 0) is 16.0 Å². The minimum atomic E-state index is -0.648. The van der Waals surface area contributed by atoms with E-state index in [-0.39, 0.29) is 27.6 Å². The van der Waals surface area contributed by atoms with Gasteiger partial charge in [-0.25, -0.2) is 9.78 Å². The zero-order valence-corrected chi connectivity index (χ0v) is 22.3. The van der Waals surface area contributed by atoms with E-state index in [2.05, 4.69) is 41.9 Å². The number of nitro benzene ring substituents is 1. The van der Waals surface area contributed by atoms with Crippen molar-refractivity contribution in [3.8, 4) is 5.75 Å². The largest absolute Gasteiger partial charge is 0.474 e. The van der Waals surface area contributed by atoms with Crippen LogP contribution in [0.25, 0.3) is 10.9 Å². The van der Waals surface area contributed by atoms with Crippen LogP contribution >= 0.6 is 31.9 Å². The summed E-state index contributed by atoms with van der Waals surface area (Å²) in [6.07, 6.45) is 2.25. The molecule has 0 radical (unpaired) electrons. The first-order valence-corrected chi connectivity index (χ1v) is 12.2. The molecule has 184 valence electrons. The van der Waals surface area contributed by atoms with Gasteiger partial charge in [-0.3, -0.25) is 14.9 Å². The Bertz CT molecular complexity index is 1370. The fourth-order valence-electron chi connectivity index (χ4n) is 3.20. The molecule has 0 unspecified atom stereocenters. The third kappa shape index (κ3) is 6.51. The average Bonchev–Trinajstić information content (AvgIpc) is 2.78. The van der Waals surface area contributed by atoms with Crippen molar-refractivity contribution in [2.45, 2.75) is 39.7 Å². The quantitative estimate of drug-likeness (QED) is 0.145. The van der Waals surface area contributed by atoms with Crippen LogP contribution in [-0.4, -0.2) is 39.5 Å². The minimum Gasteiger partial charge on any atom is -0.474 e. The number of esters is 1. The zero-order chi connectivity index (χ0) is 25.7. The van der Waals surface area contributed by atoms with Crippen LogP contribution < -0.4 is 10.3 Å². The normalized spacial score (nSPS) is 11.4. The molecule has 0 amide bonds. The van der Waals surface area contributed by atoms with Gasteiger partial charge in [0.15, 0.2) is 6.61 Å². The van der Waals surface area contributed by atoms with E-state index < -0.39 is 17.5 Å². The Morgan fingerprint density at radius 3 is 2.69 bits per heavy atom. The van der Waals surface area contributed by atoms with Gasteiger partial charge in [0.1, 0.15) is 5.82 Å². The summed E-state index contributed by atoms with van der Waals surface area (Å²) < 4.78 is 12.5. The number of ether oxygens (including phenoxy) is 2. The molecule has 35 heavy (non-hydrogen) atoms. The van der Waals surface area contributed by atoms with Gasteiger partial charge < -0.3 is 9.47 Å². The number of hydrogen-bond donors (Lipinski definition) is 0.